The fourth-order valence-corrected chi connectivity index (χ4v) is 4.76. The monoisotopic (exact) mass is 449 g/mol. The van der Waals surface area contributed by atoms with Gasteiger partial charge in [-0.05, 0) is 29.2 Å². The van der Waals surface area contributed by atoms with Crippen LogP contribution in [0.25, 0.3) is 11.1 Å². The number of likely N-dealkylation sites (tertiary alicyclic amines) is 1. The molecule has 174 valence electrons. The van der Waals surface area contributed by atoms with E-state index in [1.165, 1.54) is 5.56 Å². The zero-order valence-electron chi connectivity index (χ0n) is 19.3. The molecule has 2 atom stereocenters. The molecule has 2 aromatic carbocycles. The van der Waals surface area contributed by atoms with Gasteiger partial charge in [0.15, 0.2) is 0 Å². The summed E-state index contributed by atoms with van der Waals surface area (Å²) in [7, 11) is 1.59. The van der Waals surface area contributed by atoms with Gasteiger partial charge in [0.05, 0.1) is 12.5 Å². The van der Waals surface area contributed by atoms with Gasteiger partial charge in [0.1, 0.15) is 6.04 Å². The van der Waals surface area contributed by atoms with Crippen molar-refractivity contribution >= 4 is 17.7 Å². The number of benzene rings is 2. The van der Waals surface area contributed by atoms with Gasteiger partial charge in [0.2, 0.25) is 17.7 Å². The molecule has 3 amide bonds. The van der Waals surface area contributed by atoms with Gasteiger partial charge in [-0.3, -0.25) is 14.4 Å². The molecule has 2 aromatic rings. The number of amides is 3. The van der Waals surface area contributed by atoms with E-state index < -0.39 is 12.0 Å². The number of aryl methyl sites for hydroxylation is 1. The number of hydrogen-bond donors (Lipinski definition) is 1. The quantitative estimate of drug-likeness (QED) is 0.702. The molecule has 7 nitrogen and oxygen atoms in total. The summed E-state index contributed by atoms with van der Waals surface area (Å²) >= 11 is 0. The first-order valence-electron chi connectivity index (χ1n) is 11.5. The van der Waals surface area contributed by atoms with Crippen LogP contribution in [0, 0.1) is 12.8 Å². The van der Waals surface area contributed by atoms with Crippen LogP contribution in [0.2, 0.25) is 0 Å². The Morgan fingerprint density at radius 1 is 1.15 bits per heavy atom. The largest absolute Gasteiger partial charge is 0.383 e. The molecular formula is C26H31N3O4. The smallest absolute Gasteiger partial charge is 0.243 e. The molecule has 0 unspecified atom stereocenters. The number of carbonyl (C=O) groups excluding carboxylic acids is 3. The molecule has 0 radical (unpaired) electrons. The minimum absolute atomic E-state index is 0.0330. The molecule has 0 saturated carbocycles. The summed E-state index contributed by atoms with van der Waals surface area (Å²) in [6, 6.07) is 15.8. The average molecular weight is 450 g/mol. The predicted molar refractivity (Wildman–Crippen MR) is 125 cm³/mol. The number of nitrogens with zero attached hydrogens (tertiary/aromatic N) is 2. The number of nitrogens with one attached hydrogen (secondary N) is 1. The van der Waals surface area contributed by atoms with Crippen molar-refractivity contribution in [2.45, 2.75) is 25.8 Å². The van der Waals surface area contributed by atoms with Gasteiger partial charge in [-0.25, -0.2) is 0 Å². The highest BCUT2D eigenvalue weighted by atomic mass is 16.5. The van der Waals surface area contributed by atoms with Crippen LogP contribution in [-0.4, -0.2) is 73.5 Å². The minimum atomic E-state index is -0.582. The Hall–Kier alpha value is -3.19. The molecule has 2 aliphatic heterocycles. The lowest BCUT2D eigenvalue weighted by molar-refractivity contribution is -0.146. The summed E-state index contributed by atoms with van der Waals surface area (Å²) in [6.07, 6.45) is 0.626. The number of hydrogen-bond acceptors (Lipinski definition) is 4. The summed E-state index contributed by atoms with van der Waals surface area (Å²) in [6.45, 7) is 4.27. The summed E-state index contributed by atoms with van der Waals surface area (Å²) in [4.78, 5) is 41.9. The summed E-state index contributed by atoms with van der Waals surface area (Å²) in [5.74, 6) is -0.704. The Bertz CT molecular complexity index is 1040. The second-order valence-corrected chi connectivity index (χ2v) is 8.79. The van der Waals surface area contributed by atoms with Crippen molar-refractivity contribution in [1.82, 2.24) is 15.1 Å². The van der Waals surface area contributed by atoms with Crippen LogP contribution < -0.4 is 5.32 Å². The molecular weight excluding hydrogens is 418 g/mol. The van der Waals surface area contributed by atoms with Crippen molar-refractivity contribution in [3.05, 3.63) is 59.7 Å². The Morgan fingerprint density at radius 2 is 1.97 bits per heavy atom. The highest BCUT2D eigenvalue weighted by Gasteiger charge is 2.41. The maximum absolute atomic E-state index is 13.4. The van der Waals surface area contributed by atoms with Crippen LogP contribution in [0.3, 0.4) is 0 Å². The second-order valence-electron chi connectivity index (χ2n) is 8.79. The van der Waals surface area contributed by atoms with Crippen LogP contribution in [0.4, 0.5) is 0 Å². The SMILES string of the molecule is COCCN1C[C@H](C(=O)N2CCNC(=O)[C@@H]2Cc2cccc(-c3ccccc3C)c2)CC1=O. The fraction of sp³-hybridized carbons (Fsp3) is 0.423. The lowest BCUT2D eigenvalue weighted by atomic mass is 9.95. The number of rotatable bonds is 7. The summed E-state index contributed by atoms with van der Waals surface area (Å²) in [5.41, 5.74) is 4.43. The zero-order valence-corrected chi connectivity index (χ0v) is 19.3. The molecule has 2 heterocycles. The van der Waals surface area contributed by atoms with E-state index in [0.29, 0.717) is 39.2 Å². The van der Waals surface area contributed by atoms with Gasteiger partial charge >= 0.3 is 0 Å². The topological polar surface area (TPSA) is 79.0 Å². The van der Waals surface area contributed by atoms with E-state index in [1.807, 2.05) is 24.3 Å². The van der Waals surface area contributed by atoms with E-state index in [-0.39, 0.29) is 24.1 Å². The molecule has 0 aromatic heterocycles. The number of methoxy groups -OCH3 is 1. The standard InChI is InChI=1S/C26H31N3O4/c1-18-6-3-4-9-22(18)20-8-5-7-19(14-20)15-23-25(31)27-10-11-29(23)26(32)21-16-24(30)28(17-21)12-13-33-2/h3-9,14,21,23H,10-13,15-17H2,1-2H3,(H,27,31)/t21-,23+/m1/s1. The van der Waals surface area contributed by atoms with Crippen LogP contribution >= 0.6 is 0 Å². The Labute approximate surface area is 194 Å². The minimum Gasteiger partial charge on any atom is -0.383 e. The van der Waals surface area contributed by atoms with E-state index in [2.05, 4.69) is 36.5 Å². The van der Waals surface area contributed by atoms with Crippen LogP contribution in [0.5, 0.6) is 0 Å². The first kappa shape index (κ1) is 23.0. The van der Waals surface area contributed by atoms with Gasteiger partial charge < -0.3 is 19.9 Å². The van der Waals surface area contributed by atoms with E-state index in [0.717, 1.165) is 16.7 Å². The molecule has 33 heavy (non-hydrogen) atoms. The Kier molecular flexibility index (Phi) is 7.08. The maximum atomic E-state index is 13.4. The average Bonchev–Trinajstić information content (AvgIpc) is 3.19. The number of ether oxygens (including phenoxy) is 1. The van der Waals surface area contributed by atoms with Crippen LogP contribution in [0.1, 0.15) is 17.5 Å². The third-order valence-corrected chi connectivity index (χ3v) is 6.56. The normalized spacial score (nSPS) is 20.8. The van der Waals surface area contributed by atoms with Gasteiger partial charge in [0.25, 0.3) is 0 Å². The van der Waals surface area contributed by atoms with Gasteiger partial charge in [-0.15, -0.1) is 0 Å². The summed E-state index contributed by atoms with van der Waals surface area (Å²) < 4.78 is 5.07. The van der Waals surface area contributed by atoms with Gasteiger partial charge in [-0.1, -0.05) is 48.5 Å². The highest BCUT2D eigenvalue weighted by Crippen LogP contribution is 2.26. The van der Waals surface area contributed by atoms with E-state index in [1.54, 1.807) is 16.9 Å². The van der Waals surface area contributed by atoms with E-state index >= 15 is 0 Å². The molecule has 4 rings (SSSR count). The molecule has 2 saturated heterocycles. The lowest BCUT2D eigenvalue weighted by Gasteiger charge is -2.36. The van der Waals surface area contributed by atoms with Gasteiger partial charge in [-0.2, -0.15) is 0 Å². The molecule has 1 N–H and O–H groups in total. The predicted octanol–water partition coefficient (Wildman–Crippen LogP) is 2.03. The molecule has 0 spiro atoms. The van der Waals surface area contributed by atoms with Crippen molar-refractivity contribution in [2.75, 3.05) is 39.9 Å². The summed E-state index contributed by atoms with van der Waals surface area (Å²) in [5, 5.41) is 2.90. The Morgan fingerprint density at radius 3 is 2.76 bits per heavy atom. The van der Waals surface area contributed by atoms with Crippen molar-refractivity contribution in [2.24, 2.45) is 5.92 Å². The Balaban J connectivity index is 1.51. The van der Waals surface area contributed by atoms with Crippen molar-refractivity contribution < 1.29 is 19.1 Å². The van der Waals surface area contributed by atoms with Crippen molar-refractivity contribution in [3.8, 4) is 11.1 Å². The van der Waals surface area contributed by atoms with Crippen LogP contribution in [-0.2, 0) is 25.5 Å². The van der Waals surface area contributed by atoms with Crippen molar-refractivity contribution in [1.29, 1.82) is 0 Å². The lowest BCUT2D eigenvalue weighted by Crippen LogP contribution is -2.59. The molecule has 0 bridgehead atoms. The molecule has 7 heteroatoms. The van der Waals surface area contributed by atoms with Crippen LogP contribution in [0.15, 0.2) is 48.5 Å². The zero-order chi connectivity index (χ0) is 23.4. The second kappa shape index (κ2) is 10.2. The molecule has 0 aliphatic carbocycles. The highest BCUT2D eigenvalue weighted by molar-refractivity contribution is 5.93. The first-order chi connectivity index (χ1) is 16.0. The van der Waals surface area contributed by atoms with E-state index in [9.17, 15) is 14.4 Å². The third-order valence-electron chi connectivity index (χ3n) is 6.56. The number of carbonyl (C=O) groups is 3. The third kappa shape index (κ3) is 5.09. The first-order valence-corrected chi connectivity index (χ1v) is 11.5. The molecule has 2 fully saturated rings. The molecule has 2 aliphatic rings. The maximum Gasteiger partial charge on any atom is 0.243 e. The fourth-order valence-electron chi connectivity index (χ4n) is 4.76. The van der Waals surface area contributed by atoms with Gasteiger partial charge in [0, 0.05) is 46.1 Å². The van der Waals surface area contributed by atoms with Crippen molar-refractivity contribution in [3.63, 3.8) is 0 Å². The van der Waals surface area contributed by atoms with E-state index in [4.69, 9.17) is 4.74 Å². The number of piperazine rings is 1.